The highest BCUT2D eigenvalue weighted by atomic mass is 15.3. The molecule has 0 radical (unpaired) electrons. The van der Waals surface area contributed by atoms with Gasteiger partial charge in [-0.1, -0.05) is 26.0 Å². The molecule has 0 saturated heterocycles. The van der Waals surface area contributed by atoms with Gasteiger partial charge in [-0.25, -0.2) is 4.68 Å². The van der Waals surface area contributed by atoms with Gasteiger partial charge >= 0.3 is 0 Å². The van der Waals surface area contributed by atoms with E-state index in [0.717, 1.165) is 24.3 Å². The maximum absolute atomic E-state index is 6.31. The summed E-state index contributed by atoms with van der Waals surface area (Å²) >= 11 is 0. The van der Waals surface area contributed by atoms with E-state index >= 15 is 0 Å². The zero-order chi connectivity index (χ0) is 12.9. The molecule has 0 bridgehead atoms. The fourth-order valence-electron chi connectivity index (χ4n) is 2.90. The molecule has 0 aliphatic heterocycles. The third-order valence-electron chi connectivity index (χ3n) is 3.90. The summed E-state index contributed by atoms with van der Waals surface area (Å²) in [5.74, 6) is 0.804. The van der Waals surface area contributed by atoms with Gasteiger partial charge in [-0.05, 0) is 42.9 Å². The monoisotopic (exact) mass is 241 g/mol. The van der Waals surface area contributed by atoms with Crippen molar-refractivity contribution in [3.8, 4) is 5.69 Å². The lowest BCUT2D eigenvalue weighted by Gasteiger charge is -2.18. The first kappa shape index (κ1) is 11.3. The van der Waals surface area contributed by atoms with Crippen LogP contribution in [-0.4, -0.2) is 9.78 Å². The molecule has 0 atom stereocenters. The number of aromatic nitrogens is 2. The molecule has 0 unspecified atom stereocenters. The summed E-state index contributed by atoms with van der Waals surface area (Å²) in [6.07, 6.45) is 2.18. The molecule has 1 heterocycles. The maximum Gasteiger partial charge on any atom is 0.131 e. The van der Waals surface area contributed by atoms with Crippen LogP contribution in [0.1, 0.15) is 37.1 Å². The molecular formula is C15H19N3. The predicted octanol–water partition coefficient (Wildman–Crippen LogP) is 2.99. The molecule has 1 aliphatic carbocycles. The number of nitrogens with zero attached hydrogens (tertiary/aromatic N) is 2. The van der Waals surface area contributed by atoms with Crippen molar-refractivity contribution in [1.29, 1.82) is 0 Å². The normalized spacial score (nSPS) is 16.8. The average molecular weight is 241 g/mol. The zero-order valence-electron chi connectivity index (χ0n) is 11.2. The number of hydrogen-bond acceptors (Lipinski definition) is 2. The fourth-order valence-corrected chi connectivity index (χ4v) is 2.90. The molecule has 0 saturated carbocycles. The van der Waals surface area contributed by atoms with Crippen LogP contribution in [0.4, 0.5) is 5.82 Å². The first-order valence-electron chi connectivity index (χ1n) is 6.44. The lowest BCUT2D eigenvalue weighted by molar-refractivity contribution is 0.519. The Labute approximate surface area is 108 Å². The molecule has 1 aromatic heterocycles. The van der Waals surface area contributed by atoms with Crippen LogP contribution in [0, 0.1) is 6.92 Å². The van der Waals surface area contributed by atoms with Crippen molar-refractivity contribution < 1.29 is 0 Å². The van der Waals surface area contributed by atoms with E-state index in [1.807, 2.05) is 10.7 Å². The number of rotatable bonds is 1. The molecule has 3 heteroatoms. The Hall–Kier alpha value is -1.77. The summed E-state index contributed by atoms with van der Waals surface area (Å²) in [7, 11) is 0. The number of anilines is 1. The largest absolute Gasteiger partial charge is 0.383 e. The van der Waals surface area contributed by atoms with E-state index in [9.17, 15) is 0 Å². The first-order chi connectivity index (χ1) is 8.49. The van der Waals surface area contributed by atoms with Gasteiger partial charge in [0.05, 0.1) is 11.4 Å². The highest BCUT2D eigenvalue weighted by Gasteiger charge is 2.35. The molecule has 3 nitrogen and oxygen atoms in total. The van der Waals surface area contributed by atoms with Gasteiger partial charge in [0.15, 0.2) is 0 Å². The fraction of sp³-hybridized carbons (Fsp3) is 0.400. The van der Waals surface area contributed by atoms with E-state index in [2.05, 4.69) is 44.1 Å². The average Bonchev–Trinajstić information content (AvgIpc) is 2.79. The number of benzene rings is 1. The van der Waals surface area contributed by atoms with E-state index in [-0.39, 0.29) is 5.41 Å². The van der Waals surface area contributed by atoms with Gasteiger partial charge in [0.2, 0.25) is 0 Å². The van der Waals surface area contributed by atoms with Gasteiger partial charge in [0.25, 0.3) is 0 Å². The van der Waals surface area contributed by atoms with Crippen LogP contribution < -0.4 is 5.73 Å². The topological polar surface area (TPSA) is 43.8 Å². The van der Waals surface area contributed by atoms with E-state index in [4.69, 9.17) is 5.73 Å². The molecule has 0 amide bonds. The summed E-state index contributed by atoms with van der Waals surface area (Å²) in [5.41, 5.74) is 11.2. The van der Waals surface area contributed by atoms with E-state index in [1.165, 1.54) is 16.8 Å². The van der Waals surface area contributed by atoms with Crippen molar-refractivity contribution in [1.82, 2.24) is 9.78 Å². The zero-order valence-corrected chi connectivity index (χ0v) is 11.2. The molecule has 0 fully saturated rings. The Kier molecular flexibility index (Phi) is 2.27. The highest BCUT2D eigenvalue weighted by Crippen LogP contribution is 2.42. The van der Waals surface area contributed by atoms with Crippen molar-refractivity contribution in [2.75, 3.05) is 5.73 Å². The second-order valence-corrected chi connectivity index (χ2v) is 5.84. The van der Waals surface area contributed by atoms with Gasteiger partial charge in [0, 0.05) is 5.56 Å². The molecule has 3 rings (SSSR count). The second kappa shape index (κ2) is 3.61. The van der Waals surface area contributed by atoms with Crippen molar-refractivity contribution in [3.05, 3.63) is 41.1 Å². The molecule has 2 aromatic rings. The number of nitrogen functional groups attached to an aromatic ring is 1. The Morgan fingerprint density at radius 2 is 2.11 bits per heavy atom. The van der Waals surface area contributed by atoms with Crippen molar-refractivity contribution in [2.24, 2.45) is 0 Å². The standard InChI is InChI=1S/C15H19N3/c1-10-5-4-6-11(9-10)18-14(16)13-12(17-18)7-8-15(13,2)3/h4-6,9H,7-8,16H2,1-3H3. The van der Waals surface area contributed by atoms with Crippen molar-refractivity contribution in [2.45, 2.75) is 39.0 Å². The highest BCUT2D eigenvalue weighted by molar-refractivity contribution is 5.55. The third-order valence-corrected chi connectivity index (χ3v) is 3.90. The number of aryl methyl sites for hydroxylation is 2. The Morgan fingerprint density at radius 3 is 2.78 bits per heavy atom. The van der Waals surface area contributed by atoms with E-state index in [0.29, 0.717) is 0 Å². The van der Waals surface area contributed by atoms with Crippen LogP contribution >= 0.6 is 0 Å². The predicted molar refractivity (Wildman–Crippen MR) is 74.1 cm³/mol. The van der Waals surface area contributed by atoms with E-state index in [1.54, 1.807) is 0 Å². The Bertz CT molecular complexity index is 608. The van der Waals surface area contributed by atoms with Crippen molar-refractivity contribution in [3.63, 3.8) is 0 Å². The molecule has 1 aliphatic rings. The summed E-state index contributed by atoms with van der Waals surface area (Å²) in [5, 5.41) is 4.69. The SMILES string of the molecule is Cc1cccc(-n2nc3c(c2N)C(C)(C)CC3)c1. The second-order valence-electron chi connectivity index (χ2n) is 5.84. The van der Waals surface area contributed by atoms with Gasteiger partial charge in [-0.15, -0.1) is 0 Å². The first-order valence-corrected chi connectivity index (χ1v) is 6.44. The molecular weight excluding hydrogens is 222 g/mol. The minimum Gasteiger partial charge on any atom is -0.383 e. The summed E-state index contributed by atoms with van der Waals surface area (Å²) in [6, 6.07) is 8.30. The number of nitrogens with two attached hydrogens (primary N) is 1. The smallest absolute Gasteiger partial charge is 0.131 e. The molecule has 0 spiro atoms. The number of hydrogen-bond donors (Lipinski definition) is 1. The third kappa shape index (κ3) is 1.54. The lowest BCUT2D eigenvalue weighted by Crippen LogP contribution is -2.15. The molecule has 1 aromatic carbocycles. The van der Waals surface area contributed by atoms with Gasteiger partial charge in [-0.2, -0.15) is 5.10 Å². The van der Waals surface area contributed by atoms with Crippen LogP contribution in [0.25, 0.3) is 5.69 Å². The van der Waals surface area contributed by atoms with Gasteiger partial charge in [-0.3, -0.25) is 0 Å². The summed E-state index contributed by atoms with van der Waals surface area (Å²) in [4.78, 5) is 0. The van der Waals surface area contributed by atoms with Crippen LogP contribution in [0.3, 0.4) is 0 Å². The Morgan fingerprint density at radius 1 is 1.33 bits per heavy atom. The van der Waals surface area contributed by atoms with Gasteiger partial charge < -0.3 is 5.73 Å². The van der Waals surface area contributed by atoms with Crippen LogP contribution in [0.5, 0.6) is 0 Å². The van der Waals surface area contributed by atoms with Crippen LogP contribution in [0.2, 0.25) is 0 Å². The quantitative estimate of drug-likeness (QED) is 0.834. The Balaban J connectivity index is 2.17. The molecule has 18 heavy (non-hydrogen) atoms. The van der Waals surface area contributed by atoms with Gasteiger partial charge in [0.1, 0.15) is 5.82 Å². The lowest BCUT2D eigenvalue weighted by atomic mass is 9.87. The minimum absolute atomic E-state index is 0.154. The number of fused-ring (bicyclic) bond motifs is 1. The molecule has 2 N–H and O–H groups in total. The van der Waals surface area contributed by atoms with Crippen LogP contribution in [-0.2, 0) is 11.8 Å². The minimum atomic E-state index is 0.154. The molecule has 94 valence electrons. The maximum atomic E-state index is 6.31. The van der Waals surface area contributed by atoms with Crippen LogP contribution in [0.15, 0.2) is 24.3 Å². The summed E-state index contributed by atoms with van der Waals surface area (Å²) < 4.78 is 1.89. The summed E-state index contributed by atoms with van der Waals surface area (Å²) in [6.45, 7) is 6.58. The van der Waals surface area contributed by atoms with E-state index < -0.39 is 0 Å². The van der Waals surface area contributed by atoms with Crippen molar-refractivity contribution >= 4 is 5.82 Å².